The lowest BCUT2D eigenvalue weighted by Crippen LogP contribution is -2.33. The van der Waals surface area contributed by atoms with Gasteiger partial charge >= 0.3 is 5.97 Å². The lowest BCUT2D eigenvalue weighted by molar-refractivity contribution is -0.384. The Hall–Kier alpha value is -3.13. The summed E-state index contributed by atoms with van der Waals surface area (Å²) in [6.07, 6.45) is 0.311. The molecule has 0 spiro atoms. The highest BCUT2D eigenvalue weighted by atomic mass is 16.6. The number of carbonyl (C=O) groups excluding carboxylic acids is 1. The molecule has 8 heteroatoms. The first-order valence-corrected chi connectivity index (χ1v) is 7.81. The second kappa shape index (κ2) is 8.82. The molecule has 0 amide bonds. The van der Waals surface area contributed by atoms with E-state index in [1.165, 1.54) is 26.4 Å². The Labute approximate surface area is 150 Å². The maximum absolute atomic E-state index is 11.4. The number of hydrogen-bond donors (Lipinski definition) is 1. The van der Waals surface area contributed by atoms with Gasteiger partial charge in [-0.2, -0.15) is 0 Å². The molecule has 8 nitrogen and oxygen atoms in total. The Morgan fingerprint density at radius 2 is 1.77 bits per heavy atom. The van der Waals surface area contributed by atoms with E-state index in [-0.39, 0.29) is 12.3 Å². The number of hydrogen-bond acceptors (Lipinski definition) is 7. The van der Waals surface area contributed by atoms with Crippen molar-refractivity contribution in [1.29, 1.82) is 0 Å². The van der Waals surface area contributed by atoms with Gasteiger partial charge in [-0.3, -0.25) is 14.9 Å². The summed E-state index contributed by atoms with van der Waals surface area (Å²) in [5, 5.41) is 10.7. The van der Waals surface area contributed by atoms with Crippen LogP contribution in [0.1, 0.15) is 11.1 Å². The summed E-state index contributed by atoms with van der Waals surface area (Å²) in [5.41, 5.74) is 7.38. The lowest BCUT2D eigenvalue weighted by atomic mass is 10.1. The van der Waals surface area contributed by atoms with Crippen LogP contribution in [0.15, 0.2) is 42.5 Å². The van der Waals surface area contributed by atoms with Crippen LogP contribution >= 0.6 is 0 Å². The molecule has 2 aromatic carbocycles. The number of nitro groups is 1. The molecule has 0 bridgehead atoms. The van der Waals surface area contributed by atoms with Crippen LogP contribution in [0.25, 0.3) is 0 Å². The van der Waals surface area contributed by atoms with Gasteiger partial charge < -0.3 is 19.9 Å². The predicted octanol–water partition coefficient (Wildman–Crippen LogP) is 2.23. The standard InChI is InChI=1S/C18H20N2O6/c1-24-17-10-13(9-15(19)18(21)25-2)5-8-16(17)26-11-12-3-6-14(7-4-12)20(22)23/h3-8,10,15H,9,11,19H2,1-2H3/t15-/m0/s1. The van der Waals surface area contributed by atoms with Crippen molar-refractivity contribution in [3.63, 3.8) is 0 Å². The zero-order valence-corrected chi connectivity index (χ0v) is 14.5. The number of non-ortho nitro benzene ring substituents is 1. The number of nitrogens with two attached hydrogens (primary N) is 1. The topological polar surface area (TPSA) is 114 Å². The van der Waals surface area contributed by atoms with Gasteiger partial charge in [0.1, 0.15) is 12.6 Å². The number of esters is 1. The normalized spacial score (nSPS) is 11.5. The van der Waals surface area contributed by atoms with Gasteiger partial charge in [0.15, 0.2) is 11.5 Å². The minimum Gasteiger partial charge on any atom is -0.493 e. The zero-order chi connectivity index (χ0) is 19.1. The highest BCUT2D eigenvalue weighted by Crippen LogP contribution is 2.29. The van der Waals surface area contributed by atoms with Crippen molar-refractivity contribution in [3.05, 3.63) is 63.7 Å². The Kier molecular flexibility index (Phi) is 6.51. The second-order valence-corrected chi connectivity index (χ2v) is 5.53. The number of benzene rings is 2. The van der Waals surface area contributed by atoms with Gasteiger partial charge in [0.2, 0.25) is 0 Å². The van der Waals surface area contributed by atoms with Crippen molar-refractivity contribution in [3.8, 4) is 11.5 Å². The van der Waals surface area contributed by atoms with Crippen LogP contribution in [-0.2, 0) is 22.6 Å². The van der Waals surface area contributed by atoms with Crippen LogP contribution < -0.4 is 15.2 Å². The van der Waals surface area contributed by atoms with Crippen molar-refractivity contribution >= 4 is 11.7 Å². The zero-order valence-electron chi connectivity index (χ0n) is 14.5. The smallest absolute Gasteiger partial charge is 0.322 e. The molecule has 0 fully saturated rings. The SMILES string of the molecule is COC(=O)[C@@H](N)Cc1ccc(OCc2ccc([N+](=O)[O-])cc2)c(OC)c1. The van der Waals surface area contributed by atoms with Crippen LogP contribution in [0.3, 0.4) is 0 Å². The maximum atomic E-state index is 11.4. The van der Waals surface area contributed by atoms with Crippen molar-refractivity contribution in [2.45, 2.75) is 19.1 Å². The van der Waals surface area contributed by atoms with E-state index in [4.69, 9.17) is 15.2 Å². The van der Waals surface area contributed by atoms with Gasteiger partial charge in [-0.05, 0) is 41.8 Å². The summed E-state index contributed by atoms with van der Waals surface area (Å²) in [4.78, 5) is 21.6. The van der Waals surface area contributed by atoms with E-state index in [0.29, 0.717) is 17.9 Å². The van der Waals surface area contributed by atoms with E-state index >= 15 is 0 Å². The molecule has 0 radical (unpaired) electrons. The van der Waals surface area contributed by atoms with Crippen LogP contribution in [0, 0.1) is 10.1 Å². The minimum atomic E-state index is -0.753. The van der Waals surface area contributed by atoms with E-state index in [1.54, 1.807) is 30.3 Å². The van der Waals surface area contributed by atoms with Gasteiger partial charge in [0.05, 0.1) is 19.1 Å². The van der Waals surface area contributed by atoms with Crippen molar-refractivity contribution < 1.29 is 23.9 Å². The van der Waals surface area contributed by atoms with Gasteiger partial charge in [-0.1, -0.05) is 6.07 Å². The van der Waals surface area contributed by atoms with Crippen molar-refractivity contribution in [1.82, 2.24) is 0 Å². The fraction of sp³-hybridized carbons (Fsp3) is 0.278. The lowest BCUT2D eigenvalue weighted by Gasteiger charge is -2.14. The highest BCUT2D eigenvalue weighted by molar-refractivity contribution is 5.75. The third kappa shape index (κ3) is 4.93. The Balaban J connectivity index is 2.05. The molecule has 2 rings (SSSR count). The molecule has 0 saturated heterocycles. The number of rotatable bonds is 8. The average Bonchev–Trinajstić information content (AvgIpc) is 2.66. The van der Waals surface area contributed by atoms with Crippen LogP contribution in [0.4, 0.5) is 5.69 Å². The molecule has 138 valence electrons. The third-order valence-corrected chi connectivity index (χ3v) is 3.73. The fourth-order valence-electron chi connectivity index (χ4n) is 2.32. The Morgan fingerprint density at radius 3 is 2.35 bits per heavy atom. The summed E-state index contributed by atoms with van der Waals surface area (Å²) < 4.78 is 15.7. The van der Waals surface area contributed by atoms with E-state index in [9.17, 15) is 14.9 Å². The molecule has 0 heterocycles. The van der Waals surface area contributed by atoms with E-state index < -0.39 is 16.9 Å². The van der Waals surface area contributed by atoms with E-state index in [2.05, 4.69) is 4.74 Å². The van der Waals surface area contributed by atoms with Gasteiger partial charge in [0.25, 0.3) is 5.69 Å². The molecule has 0 aromatic heterocycles. The number of nitrogens with zero attached hydrogens (tertiary/aromatic N) is 1. The summed E-state index contributed by atoms with van der Waals surface area (Å²) in [5.74, 6) is 0.533. The first-order chi connectivity index (χ1) is 12.4. The third-order valence-electron chi connectivity index (χ3n) is 3.73. The van der Waals surface area contributed by atoms with Crippen LogP contribution in [-0.4, -0.2) is 31.2 Å². The summed E-state index contributed by atoms with van der Waals surface area (Å²) >= 11 is 0. The molecular formula is C18H20N2O6. The summed E-state index contributed by atoms with van der Waals surface area (Å²) in [6, 6.07) is 10.6. The quantitative estimate of drug-likeness (QED) is 0.436. The maximum Gasteiger partial charge on any atom is 0.322 e. The largest absolute Gasteiger partial charge is 0.493 e. The number of nitro benzene ring substituents is 1. The monoisotopic (exact) mass is 360 g/mol. The first kappa shape index (κ1) is 19.2. The summed E-state index contributed by atoms with van der Waals surface area (Å²) in [7, 11) is 2.80. The Morgan fingerprint density at radius 1 is 1.12 bits per heavy atom. The predicted molar refractivity (Wildman–Crippen MR) is 94.1 cm³/mol. The van der Waals surface area contributed by atoms with Gasteiger partial charge in [-0.25, -0.2) is 0 Å². The molecule has 2 aromatic rings. The summed E-state index contributed by atoms with van der Waals surface area (Å²) in [6.45, 7) is 0.232. The molecule has 0 aliphatic carbocycles. The molecule has 2 N–H and O–H groups in total. The number of ether oxygens (including phenoxy) is 3. The van der Waals surface area contributed by atoms with Crippen molar-refractivity contribution in [2.24, 2.45) is 5.73 Å². The van der Waals surface area contributed by atoms with E-state index in [0.717, 1.165) is 11.1 Å². The Bertz CT molecular complexity index is 776. The molecule has 0 unspecified atom stereocenters. The fourth-order valence-corrected chi connectivity index (χ4v) is 2.32. The van der Waals surface area contributed by atoms with Crippen molar-refractivity contribution in [2.75, 3.05) is 14.2 Å². The van der Waals surface area contributed by atoms with Gasteiger partial charge in [0, 0.05) is 12.1 Å². The molecule has 26 heavy (non-hydrogen) atoms. The second-order valence-electron chi connectivity index (χ2n) is 5.53. The molecule has 1 atom stereocenters. The van der Waals surface area contributed by atoms with Crippen LogP contribution in [0.5, 0.6) is 11.5 Å². The molecule has 0 aliphatic rings. The average molecular weight is 360 g/mol. The minimum absolute atomic E-state index is 0.0256. The number of methoxy groups -OCH3 is 2. The first-order valence-electron chi connectivity index (χ1n) is 7.81. The molecule has 0 aliphatic heterocycles. The van der Waals surface area contributed by atoms with Crippen LogP contribution in [0.2, 0.25) is 0 Å². The molecular weight excluding hydrogens is 340 g/mol. The highest BCUT2D eigenvalue weighted by Gasteiger charge is 2.16. The molecule has 0 saturated carbocycles. The number of carbonyl (C=O) groups is 1. The van der Waals surface area contributed by atoms with E-state index in [1.807, 2.05) is 0 Å². The van der Waals surface area contributed by atoms with Gasteiger partial charge in [-0.15, -0.1) is 0 Å².